The van der Waals surface area contributed by atoms with E-state index in [4.69, 9.17) is 0 Å². The monoisotopic (exact) mass is 345 g/mol. The molecule has 0 aliphatic heterocycles. The zero-order valence-corrected chi connectivity index (χ0v) is 14.9. The normalized spacial score (nSPS) is 11.0. The number of benzene rings is 2. The van der Waals surface area contributed by atoms with Crippen LogP contribution in [0.25, 0.3) is 0 Å². The molecule has 2 rings (SSSR count). The minimum atomic E-state index is 0.711. The van der Waals surface area contributed by atoms with Crippen LogP contribution in [0.4, 0.5) is 5.69 Å². The lowest BCUT2D eigenvalue weighted by Gasteiger charge is -2.11. The number of halogens is 1. The van der Waals surface area contributed by atoms with E-state index in [0.717, 1.165) is 13.0 Å². The van der Waals surface area contributed by atoms with Crippen LogP contribution in [0.5, 0.6) is 0 Å². The first-order chi connectivity index (χ1) is 9.95. The number of nitrogens with one attached hydrogen (secondary N) is 1. The molecular formula is C19H24BrN. The minimum absolute atomic E-state index is 0.711. The summed E-state index contributed by atoms with van der Waals surface area (Å²) in [6, 6.07) is 13.3. The van der Waals surface area contributed by atoms with Crippen molar-refractivity contribution in [1.82, 2.24) is 0 Å². The summed E-state index contributed by atoms with van der Waals surface area (Å²) in [5.41, 5.74) is 6.46. The molecule has 0 spiro atoms. The molecule has 0 fully saturated rings. The fourth-order valence-electron chi connectivity index (χ4n) is 2.52. The van der Waals surface area contributed by atoms with Gasteiger partial charge in [0.15, 0.2) is 0 Å². The fraction of sp³-hybridized carbons (Fsp3) is 0.368. The van der Waals surface area contributed by atoms with Gasteiger partial charge in [-0.25, -0.2) is 0 Å². The second kappa shape index (κ2) is 7.13. The first-order valence-electron chi connectivity index (χ1n) is 7.54. The summed E-state index contributed by atoms with van der Waals surface area (Å²) in [6.07, 6.45) is 1.15. The molecule has 2 aromatic carbocycles. The van der Waals surface area contributed by atoms with E-state index in [0.29, 0.717) is 5.92 Å². The summed E-state index contributed by atoms with van der Waals surface area (Å²) < 4.78 is 1.20. The molecule has 1 nitrogen and oxygen atoms in total. The van der Waals surface area contributed by atoms with E-state index in [9.17, 15) is 0 Å². The van der Waals surface area contributed by atoms with Gasteiger partial charge in [0, 0.05) is 16.7 Å². The molecule has 112 valence electrons. The average molecular weight is 346 g/mol. The van der Waals surface area contributed by atoms with E-state index in [2.05, 4.69) is 85.3 Å². The lowest BCUT2D eigenvalue weighted by Crippen LogP contribution is -2.01. The van der Waals surface area contributed by atoms with Gasteiger partial charge in [-0.15, -0.1) is 0 Å². The Bertz CT molecular complexity index is 576. The highest BCUT2D eigenvalue weighted by Crippen LogP contribution is 2.25. The molecule has 0 saturated carbocycles. The molecule has 0 aliphatic carbocycles. The van der Waals surface area contributed by atoms with Crippen LogP contribution in [0.1, 0.15) is 36.1 Å². The summed E-state index contributed by atoms with van der Waals surface area (Å²) in [6.45, 7) is 9.63. The van der Waals surface area contributed by atoms with Gasteiger partial charge in [-0.3, -0.25) is 0 Å². The van der Waals surface area contributed by atoms with Gasteiger partial charge in [0.05, 0.1) is 0 Å². The summed E-state index contributed by atoms with van der Waals surface area (Å²) in [4.78, 5) is 0. The smallest absolute Gasteiger partial charge is 0.0400 e. The van der Waals surface area contributed by atoms with Crippen molar-refractivity contribution >= 4 is 21.6 Å². The van der Waals surface area contributed by atoms with Gasteiger partial charge in [0.2, 0.25) is 0 Å². The van der Waals surface area contributed by atoms with Crippen molar-refractivity contribution in [3.63, 3.8) is 0 Å². The van der Waals surface area contributed by atoms with Crippen molar-refractivity contribution in [3.05, 3.63) is 63.1 Å². The molecule has 0 amide bonds. The Morgan fingerprint density at radius 3 is 2.00 bits per heavy atom. The van der Waals surface area contributed by atoms with E-state index in [1.807, 2.05) is 0 Å². The van der Waals surface area contributed by atoms with Crippen molar-refractivity contribution in [1.29, 1.82) is 0 Å². The van der Waals surface area contributed by atoms with E-state index >= 15 is 0 Å². The van der Waals surface area contributed by atoms with Crippen molar-refractivity contribution in [2.75, 3.05) is 5.32 Å². The molecule has 0 atom stereocenters. The molecule has 0 radical (unpaired) electrons. The Kier molecular flexibility index (Phi) is 5.46. The molecular weight excluding hydrogens is 322 g/mol. The SMILES string of the molecule is Cc1cc(NCc2ccc(CC(C)C)cc2)cc(C)c1Br. The van der Waals surface area contributed by atoms with Crippen LogP contribution in [0, 0.1) is 19.8 Å². The van der Waals surface area contributed by atoms with Crippen molar-refractivity contribution in [2.24, 2.45) is 5.92 Å². The van der Waals surface area contributed by atoms with Crippen LogP contribution in [0.2, 0.25) is 0 Å². The lowest BCUT2D eigenvalue weighted by molar-refractivity contribution is 0.647. The molecule has 0 bridgehead atoms. The molecule has 0 heterocycles. The molecule has 0 saturated heterocycles. The maximum Gasteiger partial charge on any atom is 0.0400 e. The fourth-order valence-corrected chi connectivity index (χ4v) is 2.75. The van der Waals surface area contributed by atoms with Crippen molar-refractivity contribution < 1.29 is 0 Å². The second-order valence-corrected chi connectivity index (χ2v) is 6.99. The Morgan fingerprint density at radius 1 is 0.952 bits per heavy atom. The molecule has 0 unspecified atom stereocenters. The Labute approximate surface area is 136 Å². The van der Waals surface area contributed by atoms with Crippen LogP contribution < -0.4 is 5.32 Å². The Hall–Kier alpha value is -1.28. The van der Waals surface area contributed by atoms with Gasteiger partial charge in [0.25, 0.3) is 0 Å². The predicted octanol–water partition coefficient (Wildman–Crippen LogP) is 5.88. The third-order valence-corrected chi connectivity index (χ3v) is 4.85. The third kappa shape index (κ3) is 4.60. The molecule has 0 aliphatic rings. The summed E-state index contributed by atoms with van der Waals surface area (Å²) in [5, 5.41) is 3.51. The number of rotatable bonds is 5. The maximum atomic E-state index is 3.61. The molecule has 0 aromatic heterocycles. The summed E-state index contributed by atoms with van der Waals surface area (Å²) >= 11 is 3.61. The predicted molar refractivity (Wildman–Crippen MR) is 95.9 cm³/mol. The first-order valence-corrected chi connectivity index (χ1v) is 8.33. The maximum absolute atomic E-state index is 3.61. The largest absolute Gasteiger partial charge is 0.381 e. The molecule has 2 aromatic rings. The number of hydrogen-bond acceptors (Lipinski definition) is 1. The summed E-state index contributed by atoms with van der Waals surface area (Å²) in [5.74, 6) is 0.711. The zero-order valence-electron chi connectivity index (χ0n) is 13.3. The Morgan fingerprint density at radius 2 is 1.48 bits per heavy atom. The number of anilines is 1. The van der Waals surface area contributed by atoms with Gasteiger partial charge >= 0.3 is 0 Å². The average Bonchev–Trinajstić information content (AvgIpc) is 2.43. The zero-order chi connectivity index (χ0) is 15.4. The number of aryl methyl sites for hydroxylation is 2. The topological polar surface area (TPSA) is 12.0 Å². The standard InChI is InChI=1S/C19H24BrN/c1-13(2)9-16-5-7-17(8-6-16)12-21-18-10-14(3)19(20)15(4)11-18/h5-8,10-11,13,21H,9,12H2,1-4H3. The first kappa shape index (κ1) is 16.1. The van der Waals surface area contributed by atoms with E-state index in [1.54, 1.807) is 0 Å². The van der Waals surface area contributed by atoms with Crippen LogP contribution in [-0.2, 0) is 13.0 Å². The van der Waals surface area contributed by atoms with Crippen LogP contribution in [0.15, 0.2) is 40.9 Å². The van der Waals surface area contributed by atoms with Crippen molar-refractivity contribution in [3.8, 4) is 0 Å². The van der Waals surface area contributed by atoms with Gasteiger partial charge in [0.1, 0.15) is 0 Å². The molecule has 21 heavy (non-hydrogen) atoms. The highest BCUT2D eigenvalue weighted by Gasteiger charge is 2.03. The van der Waals surface area contributed by atoms with E-state index in [1.165, 1.54) is 32.4 Å². The quantitative estimate of drug-likeness (QED) is 0.713. The minimum Gasteiger partial charge on any atom is -0.381 e. The van der Waals surface area contributed by atoms with Crippen LogP contribution in [0.3, 0.4) is 0 Å². The van der Waals surface area contributed by atoms with Gasteiger partial charge in [-0.05, 0) is 60.6 Å². The van der Waals surface area contributed by atoms with E-state index < -0.39 is 0 Å². The molecule has 2 heteroatoms. The highest BCUT2D eigenvalue weighted by molar-refractivity contribution is 9.10. The van der Waals surface area contributed by atoms with Crippen LogP contribution in [-0.4, -0.2) is 0 Å². The van der Waals surface area contributed by atoms with Gasteiger partial charge in [-0.2, -0.15) is 0 Å². The van der Waals surface area contributed by atoms with Gasteiger partial charge < -0.3 is 5.32 Å². The highest BCUT2D eigenvalue weighted by atomic mass is 79.9. The van der Waals surface area contributed by atoms with Gasteiger partial charge in [-0.1, -0.05) is 54.0 Å². The second-order valence-electron chi connectivity index (χ2n) is 6.19. The Balaban J connectivity index is 2.00. The number of hydrogen-bond donors (Lipinski definition) is 1. The van der Waals surface area contributed by atoms with Crippen LogP contribution >= 0.6 is 15.9 Å². The van der Waals surface area contributed by atoms with Crippen molar-refractivity contribution in [2.45, 2.75) is 40.7 Å². The lowest BCUT2D eigenvalue weighted by atomic mass is 10.0. The third-order valence-electron chi connectivity index (χ3n) is 3.60. The van der Waals surface area contributed by atoms with E-state index in [-0.39, 0.29) is 0 Å². The molecule has 1 N–H and O–H groups in total. The summed E-state index contributed by atoms with van der Waals surface area (Å²) in [7, 11) is 0.